The van der Waals surface area contributed by atoms with Gasteiger partial charge >= 0.3 is 0 Å². The van der Waals surface area contributed by atoms with E-state index in [1.165, 1.54) is 282 Å². The fourth-order valence-electron chi connectivity index (χ4n) is 31.8. The molecule has 8 bridgehead atoms. The molecule has 18 saturated carbocycles. The molecule has 0 spiro atoms. The smallest absolute Gasteiger partial charge is 0.0235 e. The first-order valence-corrected chi connectivity index (χ1v) is 54.0. The van der Waals surface area contributed by atoms with Crippen LogP contribution in [0, 0.1) is 145 Å². The third kappa shape index (κ3) is 18.3. The second-order valence-electron chi connectivity index (χ2n) is 56.2. The van der Waals surface area contributed by atoms with Gasteiger partial charge in [-0.3, -0.25) is 0 Å². The first-order chi connectivity index (χ1) is 57.6. The standard InChI is InChI=1S/2C18H20.4C12H22.C11H20.C11H22.C10H18.C9H18/c2*1-17(2,3)18(4)15-11-7-5-9-13(15)14-10-6-8-12-16(14)18;4*1-11(2)9-5-7-10(8-6-9)12(11,3)4;1-10-6-3-4-7-11(10,2)9-5-8-10;1-5-10(3)8-7-9-11(10,4)6-2;1-9-5-3-7-10(9,2)8-4-6-9;1-8(2)6-5-7-9(8,3)4/h2*5-12H,1-4H3;4*9-10H,5-8H2,1-4H3;3-9H2,1-2H3;5-9H2,1-4H3;3-8H2,1-2H3;5-7H2,1-4H3/t;;;;;;10-,11?;10-,11+;;/m......0.../s1. The van der Waals surface area contributed by atoms with Gasteiger partial charge < -0.3 is 0 Å². The minimum Gasteiger partial charge on any atom is -0.0648 e. The van der Waals surface area contributed by atoms with Crippen molar-refractivity contribution in [1.29, 1.82) is 0 Å². The van der Waals surface area contributed by atoms with Crippen molar-refractivity contribution < 1.29 is 0 Å². The molecule has 0 radical (unpaired) electrons. The van der Waals surface area contributed by atoms with E-state index >= 15 is 0 Å². The number of hydrogen-bond donors (Lipinski definition) is 0. The summed E-state index contributed by atoms with van der Waals surface area (Å²) in [6.07, 6.45) is 54.8. The summed E-state index contributed by atoms with van der Waals surface area (Å²) in [4.78, 5) is 0. The molecule has 4 atom stereocenters. The van der Waals surface area contributed by atoms with E-state index in [4.69, 9.17) is 0 Å². The Labute approximate surface area is 778 Å². The molecule has 4 aromatic rings. The van der Waals surface area contributed by atoms with Gasteiger partial charge in [-0.2, -0.15) is 0 Å². The SMILES string of the molecule is CC(C)(C)C1(C)c2ccccc2-c2ccccc21.CC(C)(C)C1(C)c2ccccc2-c2ccccc21.CC1(C)C2CCC(CC2)C1(C)C.CC1(C)C2CCC(CC2)C1(C)C.CC1(C)C2CCC(CC2)C1(C)C.CC1(C)C2CCC(CC2)C1(C)C.CC1(C)CCCC1(C)C.CC12CCCC1(C)CCC2.CC12CCCC[C@@]1(C)CCC2.CC[C@@]1(C)CCC[C@@]1(C)CC. The summed E-state index contributed by atoms with van der Waals surface area (Å²) in [5, 5.41) is 0. The molecule has 0 saturated heterocycles. The normalized spacial score (nSPS) is 36.1. The van der Waals surface area contributed by atoms with Crippen molar-refractivity contribution in [3.05, 3.63) is 119 Å². The van der Waals surface area contributed by atoms with Gasteiger partial charge in [-0.15, -0.1) is 0 Å². The summed E-state index contributed by atoms with van der Waals surface area (Å²) in [6, 6.07) is 35.4. The molecule has 0 amide bonds. The highest BCUT2D eigenvalue weighted by molar-refractivity contribution is 5.82. The number of fused-ring (bicyclic) bond motifs is 20. The first-order valence-electron chi connectivity index (χ1n) is 54.0. The second-order valence-corrected chi connectivity index (χ2v) is 56.2. The van der Waals surface area contributed by atoms with E-state index < -0.39 is 0 Å². The fraction of sp³-hybridized carbons (Fsp3) is 0.808. The van der Waals surface area contributed by atoms with Crippen molar-refractivity contribution in [3.8, 4) is 22.3 Å². The quantitative estimate of drug-likeness (QED) is 0.188. The highest BCUT2D eigenvalue weighted by Crippen LogP contribution is 2.69. The molecule has 0 heterocycles. The first kappa shape index (κ1) is 102. The molecule has 125 heavy (non-hydrogen) atoms. The molecule has 1 unspecified atom stereocenters. The predicted molar refractivity (Wildman–Crippen MR) is 552 cm³/mol. The van der Waals surface area contributed by atoms with Crippen LogP contribution in [0.3, 0.4) is 0 Å². The number of benzene rings is 4. The van der Waals surface area contributed by atoms with Crippen LogP contribution in [0.25, 0.3) is 22.3 Å². The zero-order valence-corrected chi connectivity index (χ0v) is 90.0. The van der Waals surface area contributed by atoms with Gasteiger partial charge in [0.1, 0.15) is 0 Å². The van der Waals surface area contributed by atoms with Gasteiger partial charge in [0.25, 0.3) is 0 Å². The van der Waals surface area contributed by atoms with Crippen LogP contribution in [-0.2, 0) is 10.8 Å². The van der Waals surface area contributed by atoms with Gasteiger partial charge in [-0.1, -0.05) is 404 Å². The molecular weight excluding hydrogens is 1500 g/mol. The Bertz CT molecular complexity index is 3600. The highest BCUT2D eigenvalue weighted by Gasteiger charge is 2.60. The van der Waals surface area contributed by atoms with E-state index in [0.717, 1.165) is 69.0 Å². The minimum absolute atomic E-state index is 0.0974. The summed E-state index contributed by atoms with van der Waals surface area (Å²) >= 11 is 0. The van der Waals surface area contributed by atoms with Crippen molar-refractivity contribution in [2.45, 2.75) is 498 Å². The van der Waals surface area contributed by atoms with Crippen LogP contribution in [0.5, 0.6) is 0 Å². The third-order valence-electron chi connectivity index (χ3n) is 48.1. The lowest BCUT2D eigenvalue weighted by Crippen LogP contribution is -2.51. The zero-order chi connectivity index (χ0) is 92.7. The lowest BCUT2D eigenvalue weighted by atomic mass is 9.45. The van der Waals surface area contributed by atoms with E-state index in [0.29, 0.717) is 65.0 Å². The van der Waals surface area contributed by atoms with Crippen LogP contribution in [0.4, 0.5) is 0 Å². The molecule has 0 nitrogen and oxygen atoms in total. The molecule has 4 aromatic carbocycles. The maximum atomic E-state index is 2.53. The van der Waals surface area contributed by atoms with Gasteiger partial charge in [-0.25, -0.2) is 0 Å². The molecule has 0 heteroatoms. The molecule has 0 N–H and O–H groups in total. The Hall–Kier alpha value is -3.12. The minimum atomic E-state index is 0.0974. The van der Waals surface area contributed by atoms with Crippen LogP contribution in [-0.4, -0.2) is 0 Å². The molecule has 0 aliphatic heterocycles. The Morgan fingerprint density at radius 2 is 0.360 bits per heavy atom. The topological polar surface area (TPSA) is 0 Å². The van der Waals surface area contributed by atoms with Gasteiger partial charge in [0.05, 0.1) is 0 Å². The maximum absolute atomic E-state index is 2.53. The van der Waals surface area contributed by atoms with Gasteiger partial charge in [0.15, 0.2) is 0 Å². The zero-order valence-electron chi connectivity index (χ0n) is 90.0. The largest absolute Gasteiger partial charge is 0.0648 e. The van der Waals surface area contributed by atoms with E-state index in [2.05, 4.69) is 346 Å². The summed E-state index contributed by atoms with van der Waals surface area (Å²) < 4.78 is 0. The number of hydrogen-bond acceptors (Lipinski definition) is 0. The van der Waals surface area contributed by atoms with Crippen molar-refractivity contribution >= 4 is 0 Å². The summed E-state index contributed by atoms with van der Waals surface area (Å²) in [5.74, 6) is 8.09. The average molecular weight is 1710 g/mol. The monoisotopic (exact) mass is 1710 g/mol. The van der Waals surface area contributed by atoms with Crippen molar-refractivity contribution in [2.24, 2.45) is 145 Å². The number of rotatable bonds is 2. The van der Waals surface area contributed by atoms with E-state index in [-0.39, 0.29) is 21.7 Å². The van der Waals surface area contributed by atoms with Crippen LogP contribution in [0.2, 0.25) is 0 Å². The van der Waals surface area contributed by atoms with Gasteiger partial charge in [0.2, 0.25) is 0 Å². The molecule has 0 aromatic heterocycles. The van der Waals surface area contributed by atoms with Gasteiger partial charge in [-0.05, 0) is 369 Å². The van der Waals surface area contributed by atoms with Crippen LogP contribution in [0.1, 0.15) is 509 Å². The van der Waals surface area contributed by atoms with E-state index in [1.807, 2.05) is 0 Å². The molecular formula is C125H206. The van der Waals surface area contributed by atoms with E-state index in [9.17, 15) is 0 Å². The average Bonchev–Trinajstić information content (AvgIpc) is 1.56. The van der Waals surface area contributed by atoms with Crippen molar-refractivity contribution in [3.63, 3.8) is 0 Å². The Morgan fingerprint density at radius 1 is 0.208 bits per heavy atom. The molecule has 20 aliphatic rings. The highest BCUT2D eigenvalue weighted by atomic mass is 14.6. The van der Waals surface area contributed by atoms with E-state index in [1.54, 1.807) is 0 Å². The summed E-state index contributed by atoms with van der Waals surface area (Å²) in [5.41, 5.74) is 22.3. The molecule has 18 fully saturated rings. The Balaban J connectivity index is 0.000000136. The molecule has 24 rings (SSSR count). The predicted octanol–water partition coefficient (Wildman–Crippen LogP) is 39.8. The van der Waals surface area contributed by atoms with Crippen LogP contribution in [0.15, 0.2) is 97.1 Å². The lowest BCUT2D eigenvalue weighted by Gasteiger charge is -2.60. The fourth-order valence-corrected chi connectivity index (χ4v) is 31.8. The van der Waals surface area contributed by atoms with Crippen LogP contribution >= 0.6 is 0 Å². The summed E-state index contributed by atoms with van der Waals surface area (Å²) in [7, 11) is 0. The third-order valence-corrected chi connectivity index (χ3v) is 48.1. The van der Waals surface area contributed by atoms with Crippen LogP contribution < -0.4 is 0 Å². The Kier molecular flexibility index (Phi) is 30.0. The lowest BCUT2D eigenvalue weighted by molar-refractivity contribution is -0.104. The van der Waals surface area contributed by atoms with Crippen molar-refractivity contribution in [2.75, 3.05) is 0 Å². The Morgan fingerprint density at radius 3 is 0.504 bits per heavy atom. The van der Waals surface area contributed by atoms with Crippen molar-refractivity contribution in [1.82, 2.24) is 0 Å². The summed E-state index contributed by atoms with van der Waals surface area (Å²) in [6.45, 7) is 87.9. The maximum Gasteiger partial charge on any atom is 0.0235 e. The van der Waals surface area contributed by atoms with Gasteiger partial charge in [0, 0.05) is 10.8 Å². The molecule has 20 aliphatic carbocycles. The second kappa shape index (κ2) is 36.6. The molecule has 706 valence electrons.